The molecule has 0 aliphatic rings. The smallest absolute Gasteiger partial charge is 0.304 e. The molecule has 1 aromatic carbocycles. The Morgan fingerprint density at radius 3 is 2.74 bits per heavy atom. The third-order valence-corrected chi connectivity index (χ3v) is 3.54. The van der Waals surface area contributed by atoms with Gasteiger partial charge >= 0.3 is 5.97 Å². The lowest BCUT2D eigenvalue weighted by molar-refractivity contribution is -0.137. The third kappa shape index (κ3) is 5.21. The summed E-state index contributed by atoms with van der Waals surface area (Å²) < 4.78 is 0. The minimum absolute atomic E-state index is 0.0684. The first kappa shape index (κ1) is 16.0. The number of hydrogen-bond donors (Lipinski definition) is 2. The van der Waals surface area contributed by atoms with E-state index in [9.17, 15) is 4.79 Å². The van der Waals surface area contributed by atoms with E-state index in [1.807, 2.05) is 18.2 Å². The van der Waals surface area contributed by atoms with E-state index >= 15 is 0 Å². The van der Waals surface area contributed by atoms with E-state index in [4.69, 9.17) is 22.4 Å². The van der Waals surface area contributed by atoms with E-state index in [0.717, 1.165) is 36.8 Å². The van der Waals surface area contributed by atoms with Gasteiger partial charge in [0.25, 0.3) is 0 Å². The van der Waals surface area contributed by atoms with E-state index in [1.165, 1.54) is 0 Å². The van der Waals surface area contributed by atoms with E-state index < -0.39 is 5.97 Å². The molecule has 0 aliphatic heterocycles. The number of benzene rings is 1. The average Bonchev–Trinajstić information content (AvgIpc) is 2.37. The van der Waals surface area contributed by atoms with Gasteiger partial charge in [-0.05, 0) is 42.6 Å². The summed E-state index contributed by atoms with van der Waals surface area (Å²) >= 11 is 6.04. The third-order valence-electron chi connectivity index (χ3n) is 3.30. The molecule has 0 unspecified atom stereocenters. The fraction of sp³-hybridized carbons (Fsp3) is 0.533. The molecule has 106 valence electrons. The Balaban J connectivity index is 2.92. The number of unbranched alkanes of at least 4 members (excludes halogenated alkanes) is 2. The van der Waals surface area contributed by atoms with Crippen molar-refractivity contribution in [1.29, 1.82) is 0 Å². The van der Waals surface area contributed by atoms with Gasteiger partial charge < -0.3 is 10.8 Å². The van der Waals surface area contributed by atoms with Crippen LogP contribution in [0.4, 0.5) is 0 Å². The zero-order valence-corrected chi connectivity index (χ0v) is 12.1. The molecule has 0 fully saturated rings. The van der Waals surface area contributed by atoms with Crippen molar-refractivity contribution in [2.45, 2.75) is 44.9 Å². The van der Waals surface area contributed by atoms with Gasteiger partial charge in [-0.25, -0.2) is 0 Å². The summed E-state index contributed by atoms with van der Waals surface area (Å²) in [5.74, 6) is -0.948. The van der Waals surface area contributed by atoms with Gasteiger partial charge in [0.05, 0.1) is 6.42 Å². The molecule has 1 aromatic rings. The highest BCUT2D eigenvalue weighted by Crippen LogP contribution is 2.27. The molecule has 1 rings (SSSR count). The second-order valence-electron chi connectivity index (χ2n) is 4.83. The molecular weight excluding hydrogens is 262 g/mol. The van der Waals surface area contributed by atoms with Crippen LogP contribution in [0.1, 0.15) is 49.7 Å². The Morgan fingerprint density at radius 1 is 1.42 bits per heavy atom. The van der Waals surface area contributed by atoms with Crippen LogP contribution in [0.25, 0.3) is 0 Å². The topological polar surface area (TPSA) is 63.3 Å². The molecule has 19 heavy (non-hydrogen) atoms. The number of carbonyl (C=O) groups is 1. The molecule has 3 nitrogen and oxygen atoms in total. The largest absolute Gasteiger partial charge is 0.481 e. The molecule has 0 aromatic heterocycles. The SMILES string of the molecule is CCCCCc1cc(Cl)ccc1[C@H](CN)CC(=O)O. The number of rotatable bonds is 8. The maximum atomic E-state index is 10.9. The Hall–Kier alpha value is -1.06. The minimum Gasteiger partial charge on any atom is -0.481 e. The van der Waals surface area contributed by atoms with Crippen molar-refractivity contribution in [3.63, 3.8) is 0 Å². The van der Waals surface area contributed by atoms with Crippen molar-refractivity contribution in [2.75, 3.05) is 6.54 Å². The zero-order valence-electron chi connectivity index (χ0n) is 11.4. The van der Waals surface area contributed by atoms with Crippen LogP contribution in [0.3, 0.4) is 0 Å². The molecular formula is C15H22ClNO2. The van der Waals surface area contributed by atoms with Crippen molar-refractivity contribution < 1.29 is 9.90 Å². The highest BCUT2D eigenvalue weighted by Gasteiger charge is 2.17. The predicted molar refractivity (Wildman–Crippen MR) is 78.7 cm³/mol. The number of aliphatic carboxylic acids is 1. The van der Waals surface area contributed by atoms with Crippen LogP contribution in [0, 0.1) is 0 Å². The monoisotopic (exact) mass is 283 g/mol. The van der Waals surface area contributed by atoms with E-state index in [-0.39, 0.29) is 12.3 Å². The molecule has 0 heterocycles. The molecule has 4 heteroatoms. The number of carboxylic acids is 1. The van der Waals surface area contributed by atoms with Gasteiger partial charge in [-0.2, -0.15) is 0 Å². The maximum absolute atomic E-state index is 10.9. The van der Waals surface area contributed by atoms with Gasteiger partial charge in [0.15, 0.2) is 0 Å². The molecule has 0 spiro atoms. The Labute approximate surface area is 119 Å². The highest BCUT2D eigenvalue weighted by atomic mass is 35.5. The van der Waals surface area contributed by atoms with Crippen molar-refractivity contribution in [3.05, 3.63) is 34.3 Å². The number of halogens is 1. The Kier molecular flexibility index (Phi) is 6.89. The zero-order chi connectivity index (χ0) is 14.3. The van der Waals surface area contributed by atoms with E-state index in [1.54, 1.807) is 0 Å². The molecule has 0 saturated carbocycles. The van der Waals surface area contributed by atoms with Gasteiger partial charge in [-0.3, -0.25) is 4.79 Å². The molecule has 1 atom stereocenters. The summed E-state index contributed by atoms with van der Waals surface area (Å²) in [5.41, 5.74) is 7.89. The second-order valence-corrected chi connectivity index (χ2v) is 5.27. The van der Waals surface area contributed by atoms with Crippen LogP contribution in [0.15, 0.2) is 18.2 Å². The molecule has 0 saturated heterocycles. The van der Waals surface area contributed by atoms with Gasteiger partial charge in [-0.15, -0.1) is 0 Å². The van der Waals surface area contributed by atoms with Crippen LogP contribution in [-0.2, 0) is 11.2 Å². The summed E-state index contributed by atoms with van der Waals surface area (Å²) in [6.07, 6.45) is 4.41. The quantitative estimate of drug-likeness (QED) is 0.717. The van der Waals surface area contributed by atoms with E-state index in [2.05, 4.69) is 6.92 Å². The lowest BCUT2D eigenvalue weighted by Gasteiger charge is -2.18. The molecule has 3 N–H and O–H groups in total. The number of aryl methyl sites for hydroxylation is 1. The van der Waals surface area contributed by atoms with Gasteiger partial charge in [0.1, 0.15) is 0 Å². The number of hydrogen-bond acceptors (Lipinski definition) is 2. The summed E-state index contributed by atoms with van der Waals surface area (Å²) in [5, 5.41) is 9.65. The van der Waals surface area contributed by atoms with Gasteiger partial charge in [-0.1, -0.05) is 37.4 Å². The maximum Gasteiger partial charge on any atom is 0.304 e. The van der Waals surface area contributed by atoms with Gasteiger partial charge in [0.2, 0.25) is 0 Å². The first-order chi connectivity index (χ1) is 9.08. The standard InChI is InChI=1S/C15H22ClNO2/c1-2-3-4-5-11-8-13(16)6-7-14(11)12(10-17)9-15(18)19/h6-8,12H,2-5,9-10,17H2,1H3,(H,18,19)/t12-/m0/s1. The first-order valence-electron chi connectivity index (χ1n) is 6.78. The number of carboxylic acid groups (broad SMARTS) is 1. The normalized spacial score (nSPS) is 12.4. The van der Waals surface area contributed by atoms with Crippen LogP contribution in [0.5, 0.6) is 0 Å². The van der Waals surface area contributed by atoms with Crippen molar-refractivity contribution in [1.82, 2.24) is 0 Å². The average molecular weight is 284 g/mol. The highest BCUT2D eigenvalue weighted by molar-refractivity contribution is 6.30. The van der Waals surface area contributed by atoms with Crippen molar-refractivity contribution >= 4 is 17.6 Å². The Morgan fingerprint density at radius 2 is 2.16 bits per heavy atom. The fourth-order valence-electron chi connectivity index (χ4n) is 2.29. The first-order valence-corrected chi connectivity index (χ1v) is 7.16. The second kappa shape index (κ2) is 8.18. The number of nitrogens with two attached hydrogens (primary N) is 1. The lowest BCUT2D eigenvalue weighted by Crippen LogP contribution is -2.17. The van der Waals surface area contributed by atoms with Crippen LogP contribution in [-0.4, -0.2) is 17.6 Å². The summed E-state index contributed by atoms with van der Waals surface area (Å²) in [4.78, 5) is 10.9. The van der Waals surface area contributed by atoms with Crippen LogP contribution >= 0.6 is 11.6 Å². The predicted octanol–water partition coefficient (Wildman–Crippen LogP) is 3.59. The minimum atomic E-state index is -0.815. The van der Waals surface area contributed by atoms with E-state index in [0.29, 0.717) is 11.6 Å². The lowest BCUT2D eigenvalue weighted by atomic mass is 9.89. The van der Waals surface area contributed by atoms with Crippen LogP contribution < -0.4 is 5.73 Å². The molecule has 0 radical (unpaired) electrons. The molecule has 0 amide bonds. The van der Waals surface area contributed by atoms with Crippen molar-refractivity contribution in [2.24, 2.45) is 5.73 Å². The van der Waals surface area contributed by atoms with Crippen LogP contribution in [0.2, 0.25) is 5.02 Å². The summed E-state index contributed by atoms with van der Waals surface area (Å²) in [7, 11) is 0. The summed E-state index contributed by atoms with van der Waals surface area (Å²) in [6, 6.07) is 5.67. The summed E-state index contributed by atoms with van der Waals surface area (Å²) in [6.45, 7) is 2.50. The molecule has 0 bridgehead atoms. The van der Waals surface area contributed by atoms with Crippen molar-refractivity contribution in [3.8, 4) is 0 Å². The molecule has 0 aliphatic carbocycles. The fourth-order valence-corrected chi connectivity index (χ4v) is 2.48. The Bertz CT molecular complexity index is 421. The van der Waals surface area contributed by atoms with Gasteiger partial charge in [0, 0.05) is 10.9 Å².